The maximum absolute atomic E-state index is 15.2. The van der Waals surface area contributed by atoms with E-state index in [0.717, 1.165) is 36.8 Å². The van der Waals surface area contributed by atoms with Gasteiger partial charge >= 0.3 is 5.97 Å². The van der Waals surface area contributed by atoms with Gasteiger partial charge in [-0.2, -0.15) is 0 Å². The first-order valence-electron chi connectivity index (χ1n) is 14.9. The van der Waals surface area contributed by atoms with Gasteiger partial charge in [-0.25, -0.2) is 13.2 Å². The average Bonchev–Trinajstić information content (AvgIpc) is 3.47. The number of carboxylic acid groups (broad SMARTS) is 1. The number of aromatic nitrogens is 1. The monoisotopic (exact) mass is 613 g/mol. The number of carbonyl (C=O) groups is 2. The van der Waals surface area contributed by atoms with Crippen LogP contribution in [0, 0.1) is 36.2 Å². The molecule has 1 aliphatic carbocycles. The Kier molecular flexibility index (Phi) is 10.9. The lowest BCUT2D eigenvalue weighted by molar-refractivity contribution is -0.140. The Morgan fingerprint density at radius 3 is 2.39 bits per heavy atom. The fourth-order valence-corrected chi connectivity index (χ4v) is 5.88. The number of benzene rings is 2. The lowest BCUT2D eigenvalue weighted by Gasteiger charge is -2.21. The Bertz CT molecular complexity index is 1550. The molecule has 4 rings (SSSR count). The molecule has 1 aromatic heterocycles. The van der Waals surface area contributed by atoms with E-state index in [4.69, 9.17) is 10.5 Å². The standard InChI is InChI=1S/C33H38F3N3O5/c1-19(14-21-6-3-4-7-21)15-28(33(42)43)38-12-5-13-44-23-17-26(35)30(27(36)18-23)39-29(40)11-9-24(32(39)37)31(41)22-8-10-25(34)20(2)16-22/h8-11,16-19,21,28,38H,3-7,12-15,37H2,1-2H3,(H,42,43). The maximum atomic E-state index is 15.2. The Balaban J connectivity index is 1.39. The van der Waals surface area contributed by atoms with Gasteiger partial charge < -0.3 is 20.9 Å². The van der Waals surface area contributed by atoms with E-state index >= 15 is 8.78 Å². The second kappa shape index (κ2) is 14.6. The number of hydrogen-bond acceptors (Lipinski definition) is 6. The van der Waals surface area contributed by atoms with E-state index in [1.165, 1.54) is 44.7 Å². The summed E-state index contributed by atoms with van der Waals surface area (Å²) in [6.45, 7) is 3.94. The normalized spacial score (nSPS) is 14.8. The lowest BCUT2D eigenvalue weighted by atomic mass is 9.90. The molecule has 0 amide bonds. The van der Waals surface area contributed by atoms with E-state index in [0.29, 0.717) is 29.9 Å². The van der Waals surface area contributed by atoms with Crippen LogP contribution >= 0.6 is 0 Å². The maximum Gasteiger partial charge on any atom is 0.320 e. The number of nitrogen functional groups attached to an aromatic ring is 1. The third kappa shape index (κ3) is 7.88. The van der Waals surface area contributed by atoms with Crippen LogP contribution in [-0.4, -0.2) is 40.6 Å². The molecular formula is C33H38F3N3O5. The van der Waals surface area contributed by atoms with Crippen molar-refractivity contribution < 1.29 is 32.6 Å². The summed E-state index contributed by atoms with van der Waals surface area (Å²) in [5.41, 5.74) is 4.57. The second-order valence-corrected chi connectivity index (χ2v) is 11.6. The summed E-state index contributed by atoms with van der Waals surface area (Å²) < 4.78 is 50.2. The van der Waals surface area contributed by atoms with Crippen LogP contribution in [0.4, 0.5) is 19.0 Å². The van der Waals surface area contributed by atoms with Gasteiger partial charge in [-0.1, -0.05) is 32.6 Å². The number of rotatable bonds is 14. The molecule has 2 unspecified atom stereocenters. The molecule has 3 aromatic rings. The molecule has 0 saturated heterocycles. The first-order valence-corrected chi connectivity index (χ1v) is 14.9. The van der Waals surface area contributed by atoms with Gasteiger partial charge in [-0.05, 0) is 74.4 Å². The molecule has 2 aromatic carbocycles. The molecule has 4 N–H and O–H groups in total. The first-order chi connectivity index (χ1) is 21.0. The molecule has 1 heterocycles. The summed E-state index contributed by atoms with van der Waals surface area (Å²) in [6.07, 6.45) is 6.83. The van der Waals surface area contributed by atoms with Crippen molar-refractivity contribution in [2.24, 2.45) is 11.8 Å². The Morgan fingerprint density at radius 2 is 1.75 bits per heavy atom. The number of ether oxygens (including phenoxy) is 1. The van der Waals surface area contributed by atoms with Gasteiger partial charge in [0.05, 0.1) is 12.2 Å². The van der Waals surface area contributed by atoms with E-state index < -0.39 is 52.3 Å². The van der Waals surface area contributed by atoms with Crippen LogP contribution in [-0.2, 0) is 4.79 Å². The molecule has 2 atom stereocenters. The van der Waals surface area contributed by atoms with Crippen LogP contribution in [0.5, 0.6) is 5.75 Å². The zero-order valence-corrected chi connectivity index (χ0v) is 24.9. The Hall–Kier alpha value is -4.12. The molecule has 0 aliphatic heterocycles. The van der Waals surface area contributed by atoms with E-state index in [1.54, 1.807) is 0 Å². The summed E-state index contributed by atoms with van der Waals surface area (Å²) in [5.74, 6) is -4.03. The number of aliphatic carboxylic acids is 1. The highest BCUT2D eigenvalue weighted by atomic mass is 19.1. The van der Waals surface area contributed by atoms with Crippen molar-refractivity contribution >= 4 is 17.6 Å². The highest BCUT2D eigenvalue weighted by Gasteiger charge is 2.24. The predicted octanol–water partition coefficient (Wildman–Crippen LogP) is 5.79. The lowest BCUT2D eigenvalue weighted by Crippen LogP contribution is -2.39. The quantitative estimate of drug-likeness (QED) is 0.155. The largest absolute Gasteiger partial charge is 0.493 e. The van der Waals surface area contributed by atoms with Gasteiger partial charge in [0.15, 0.2) is 17.4 Å². The van der Waals surface area contributed by atoms with Crippen LogP contribution < -0.4 is 21.3 Å². The van der Waals surface area contributed by atoms with E-state index in [-0.39, 0.29) is 35.0 Å². The van der Waals surface area contributed by atoms with Gasteiger partial charge in [-0.3, -0.25) is 19.0 Å². The summed E-state index contributed by atoms with van der Waals surface area (Å²) in [7, 11) is 0. The number of pyridine rings is 1. The minimum absolute atomic E-state index is 0.0539. The van der Waals surface area contributed by atoms with E-state index in [2.05, 4.69) is 12.2 Å². The molecule has 0 bridgehead atoms. The van der Waals surface area contributed by atoms with Crippen LogP contribution in [0.2, 0.25) is 0 Å². The molecule has 44 heavy (non-hydrogen) atoms. The average molecular weight is 614 g/mol. The Morgan fingerprint density at radius 1 is 1.07 bits per heavy atom. The van der Waals surface area contributed by atoms with Gasteiger partial charge in [0.2, 0.25) is 0 Å². The number of nitrogens with two attached hydrogens (primary N) is 1. The molecule has 1 saturated carbocycles. The molecule has 11 heteroatoms. The number of anilines is 1. The summed E-state index contributed by atoms with van der Waals surface area (Å²) >= 11 is 0. The fourth-order valence-electron chi connectivity index (χ4n) is 5.88. The molecular weight excluding hydrogens is 575 g/mol. The second-order valence-electron chi connectivity index (χ2n) is 11.6. The number of aryl methyl sites for hydroxylation is 1. The molecule has 1 aliphatic rings. The predicted molar refractivity (Wildman–Crippen MR) is 161 cm³/mol. The van der Waals surface area contributed by atoms with Crippen molar-refractivity contribution in [1.29, 1.82) is 0 Å². The first kappa shape index (κ1) is 32.8. The van der Waals surface area contributed by atoms with Crippen LogP contribution in [0.1, 0.15) is 73.4 Å². The number of carbonyl (C=O) groups excluding carboxylic acids is 1. The third-order valence-corrected chi connectivity index (χ3v) is 8.14. The van der Waals surface area contributed by atoms with Crippen molar-refractivity contribution in [3.05, 3.63) is 87.0 Å². The minimum atomic E-state index is -1.14. The number of hydrogen-bond donors (Lipinski definition) is 3. The van der Waals surface area contributed by atoms with Gasteiger partial charge in [0.1, 0.15) is 29.1 Å². The highest BCUT2D eigenvalue weighted by Crippen LogP contribution is 2.31. The van der Waals surface area contributed by atoms with Gasteiger partial charge in [-0.15, -0.1) is 0 Å². The van der Waals surface area contributed by atoms with Crippen LogP contribution in [0.3, 0.4) is 0 Å². The number of nitrogens with zero attached hydrogens (tertiary/aromatic N) is 1. The third-order valence-electron chi connectivity index (χ3n) is 8.14. The molecule has 0 radical (unpaired) electrons. The topological polar surface area (TPSA) is 124 Å². The van der Waals surface area contributed by atoms with Gasteiger partial charge in [0.25, 0.3) is 5.56 Å². The van der Waals surface area contributed by atoms with Crippen LogP contribution in [0.15, 0.2) is 47.3 Å². The van der Waals surface area contributed by atoms with Crippen molar-refractivity contribution in [1.82, 2.24) is 9.88 Å². The van der Waals surface area contributed by atoms with Crippen molar-refractivity contribution in [3.63, 3.8) is 0 Å². The highest BCUT2D eigenvalue weighted by molar-refractivity contribution is 6.11. The van der Waals surface area contributed by atoms with Gasteiger partial charge in [0, 0.05) is 23.8 Å². The minimum Gasteiger partial charge on any atom is -0.493 e. The van der Waals surface area contributed by atoms with Crippen molar-refractivity contribution in [2.75, 3.05) is 18.9 Å². The zero-order chi connectivity index (χ0) is 32.0. The Labute approximate surface area is 254 Å². The number of carboxylic acids is 1. The number of ketones is 1. The summed E-state index contributed by atoms with van der Waals surface area (Å²) in [6, 6.07) is 6.92. The van der Waals surface area contributed by atoms with Crippen molar-refractivity contribution in [3.8, 4) is 11.4 Å². The summed E-state index contributed by atoms with van der Waals surface area (Å²) in [4.78, 5) is 37.5. The SMILES string of the molecule is Cc1cc(C(=O)c2ccc(=O)n(-c3c(F)cc(OCCCNC(CC(C)CC4CCCC4)C(=O)O)cc3F)c2N)ccc1F. The molecule has 236 valence electrons. The van der Waals surface area contributed by atoms with E-state index in [1.807, 2.05) is 0 Å². The smallest absolute Gasteiger partial charge is 0.320 e. The fraction of sp³-hybridized carbons (Fsp3) is 0.424. The molecule has 0 spiro atoms. The number of halogens is 3. The van der Waals surface area contributed by atoms with Crippen LogP contribution in [0.25, 0.3) is 5.69 Å². The molecule has 8 nitrogen and oxygen atoms in total. The number of nitrogens with one attached hydrogen (secondary N) is 1. The van der Waals surface area contributed by atoms with Crippen molar-refractivity contribution in [2.45, 2.75) is 64.8 Å². The van der Waals surface area contributed by atoms with E-state index in [9.17, 15) is 23.9 Å². The molecule has 1 fully saturated rings. The zero-order valence-electron chi connectivity index (χ0n) is 24.9. The summed E-state index contributed by atoms with van der Waals surface area (Å²) in [5, 5.41) is 12.7.